The molecule has 2 fully saturated rings. The predicted octanol–water partition coefficient (Wildman–Crippen LogP) is -0.446. The zero-order valence-electron chi connectivity index (χ0n) is 13.4. The van der Waals surface area contributed by atoms with E-state index in [4.69, 9.17) is 0 Å². The molecule has 0 saturated carbocycles. The van der Waals surface area contributed by atoms with Crippen LogP contribution < -0.4 is 5.32 Å². The lowest BCUT2D eigenvalue weighted by Gasteiger charge is -2.21. The summed E-state index contributed by atoms with van der Waals surface area (Å²) < 4.78 is 1.44. The van der Waals surface area contributed by atoms with E-state index in [-0.39, 0.29) is 24.9 Å². The number of amides is 4. The van der Waals surface area contributed by atoms with Gasteiger partial charge in [-0.3, -0.25) is 14.5 Å². The number of hydrogen-bond acceptors (Lipinski definition) is 7. The zero-order chi connectivity index (χ0) is 17.6. The molecule has 1 spiro atoms. The second kappa shape index (κ2) is 5.62. The average molecular weight is 361 g/mol. The molecule has 2 aliphatic heterocycles. The Balaban J connectivity index is 1.48. The van der Waals surface area contributed by atoms with E-state index in [2.05, 4.69) is 20.8 Å². The van der Waals surface area contributed by atoms with E-state index in [0.29, 0.717) is 18.8 Å². The Hall–Kier alpha value is -2.82. The van der Waals surface area contributed by atoms with Crippen LogP contribution in [0.2, 0.25) is 0 Å². The Kier molecular flexibility index (Phi) is 3.53. The van der Waals surface area contributed by atoms with Crippen LogP contribution in [-0.2, 0) is 16.1 Å². The third-order valence-electron chi connectivity index (χ3n) is 4.58. The predicted molar refractivity (Wildman–Crippen MR) is 86.4 cm³/mol. The van der Waals surface area contributed by atoms with E-state index >= 15 is 0 Å². The molecule has 2 aliphatic rings. The fraction of sp³-hybridized carbons (Fsp3) is 0.429. The molecule has 0 aliphatic carbocycles. The van der Waals surface area contributed by atoms with Crippen molar-refractivity contribution in [1.29, 1.82) is 0 Å². The highest BCUT2D eigenvalue weighted by Crippen LogP contribution is 2.28. The van der Waals surface area contributed by atoms with E-state index < -0.39 is 11.6 Å². The molecule has 2 aromatic heterocycles. The molecule has 10 nitrogen and oxygen atoms in total. The number of urea groups is 1. The number of nitrogens with one attached hydrogen (secondary N) is 1. The topological polar surface area (TPSA) is 113 Å². The Morgan fingerprint density at radius 2 is 2.28 bits per heavy atom. The molecule has 4 heterocycles. The Bertz CT molecular complexity index is 848. The number of carbonyl (C=O) groups excluding carboxylic acids is 3. The lowest BCUT2D eigenvalue weighted by atomic mass is 9.99. The van der Waals surface area contributed by atoms with Gasteiger partial charge in [0.2, 0.25) is 5.91 Å². The van der Waals surface area contributed by atoms with E-state index in [9.17, 15) is 14.4 Å². The SMILES string of the molecule is CN1C(=O)NC2(CCN(C(=O)Cn3nnnc3-c3ccsc3)C2)C1=O. The quantitative estimate of drug-likeness (QED) is 0.741. The lowest BCUT2D eigenvalue weighted by molar-refractivity contribution is -0.132. The molecule has 1 N–H and O–H groups in total. The molecule has 11 heteroatoms. The van der Waals surface area contributed by atoms with Gasteiger partial charge >= 0.3 is 6.03 Å². The second-order valence-corrected chi connectivity index (χ2v) is 6.89. The number of carbonyl (C=O) groups is 3. The molecule has 4 rings (SSSR count). The van der Waals surface area contributed by atoms with Crippen LogP contribution in [0.25, 0.3) is 11.4 Å². The minimum absolute atomic E-state index is 0.0216. The molecule has 2 aromatic rings. The molecule has 2 saturated heterocycles. The van der Waals surface area contributed by atoms with E-state index in [1.54, 1.807) is 4.90 Å². The number of thiophene rings is 1. The maximum absolute atomic E-state index is 12.6. The van der Waals surface area contributed by atoms with Crippen LogP contribution in [0.3, 0.4) is 0 Å². The number of nitrogens with zero attached hydrogens (tertiary/aromatic N) is 6. The maximum atomic E-state index is 12.6. The summed E-state index contributed by atoms with van der Waals surface area (Å²) in [4.78, 5) is 39.3. The van der Waals surface area contributed by atoms with Crippen molar-refractivity contribution in [2.75, 3.05) is 20.1 Å². The number of hydrogen-bond donors (Lipinski definition) is 1. The minimum atomic E-state index is -1.00. The monoisotopic (exact) mass is 361 g/mol. The zero-order valence-corrected chi connectivity index (χ0v) is 14.2. The van der Waals surface area contributed by atoms with Crippen molar-refractivity contribution < 1.29 is 14.4 Å². The Morgan fingerprint density at radius 3 is 2.96 bits per heavy atom. The van der Waals surface area contributed by atoms with Crippen LogP contribution >= 0.6 is 11.3 Å². The molecule has 130 valence electrons. The fourth-order valence-corrected chi connectivity index (χ4v) is 3.83. The summed E-state index contributed by atoms with van der Waals surface area (Å²) in [5.74, 6) is 0.0277. The first kappa shape index (κ1) is 15.7. The van der Waals surface area contributed by atoms with E-state index in [1.807, 2.05) is 16.8 Å². The molecular formula is C14H15N7O3S. The van der Waals surface area contributed by atoms with Gasteiger partial charge in [0.05, 0.1) is 6.54 Å². The summed E-state index contributed by atoms with van der Waals surface area (Å²) in [6, 6.07) is 1.45. The number of likely N-dealkylation sites (tertiary alicyclic amines) is 1. The highest BCUT2D eigenvalue weighted by Gasteiger charge is 2.54. The summed E-state index contributed by atoms with van der Waals surface area (Å²) in [6.45, 7) is 0.539. The van der Waals surface area contributed by atoms with Gasteiger partial charge in [-0.25, -0.2) is 9.48 Å². The Labute approximate surface area is 146 Å². The highest BCUT2D eigenvalue weighted by molar-refractivity contribution is 7.08. The van der Waals surface area contributed by atoms with Crippen LogP contribution in [0.5, 0.6) is 0 Å². The number of rotatable bonds is 3. The second-order valence-electron chi connectivity index (χ2n) is 6.11. The fourth-order valence-electron chi connectivity index (χ4n) is 3.19. The number of aromatic nitrogens is 4. The summed E-state index contributed by atoms with van der Waals surface area (Å²) in [7, 11) is 1.44. The van der Waals surface area contributed by atoms with Gasteiger partial charge in [0.25, 0.3) is 5.91 Å². The van der Waals surface area contributed by atoms with Crippen molar-refractivity contribution >= 4 is 29.2 Å². The van der Waals surface area contributed by atoms with Gasteiger partial charge in [-0.05, 0) is 28.3 Å². The third-order valence-corrected chi connectivity index (χ3v) is 5.27. The van der Waals surface area contributed by atoms with Crippen molar-refractivity contribution in [3.05, 3.63) is 16.8 Å². The van der Waals surface area contributed by atoms with Crippen molar-refractivity contribution in [3.63, 3.8) is 0 Å². The van der Waals surface area contributed by atoms with Gasteiger partial charge in [0.15, 0.2) is 5.82 Å². The normalized spacial score (nSPS) is 22.9. The van der Waals surface area contributed by atoms with Gasteiger partial charge in [-0.15, -0.1) is 5.10 Å². The standard InChI is InChI=1S/C14H15N7O3S/c1-19-12(23)14(15-13(19)24)3-4-20(8-14)10(22)6-21-11(16-17-18-21)9-2-5-25-7-9/h2,5,7H,3-4,6,8H2,1H3,(H,15,24). The average Bonchev–Trinajstić information content (AvgIpc) is 3.35. The lowest BCUT2D eigenvalue weighted by Crippen LogP contribution is -2.50. The molecule has 1 atom stereocenters. The largest absolute Gasteiger partial charge is 0.338 e. The summed E-state index contributed by atoms with van der Waals surface area (Å²) >= 11 is 1.52. The summed E-state index contributed by atoms with van der Waals surface area (Å²) in [5.41, 5.74) is -0.154. The summed E-state index contributed by atoms with van der Waals surface area (Å²) in [5, 5.41) is 18.0. The van der Waals surface area contributed by atoms with Gasteiger partial charge in [-0.1, -0.05) is 0 Å². The molecule has 0 aromatic carbocycles. The van der Waals surface area contributed by atoms with Crippen molar-refractivity contribution in [3.8, 4) is 11.4 Å². The molecule has 0 radical (unpaired) electrons. The minimum Gasteiger partial charge on any atom is -0.338 e. The Morgan fingerprint density at radius 1 is 1.44 bits per heavy atom. The number of likely N-dealkylation sites (N-methyl/N-ethyl adjacent to an activating group) is 1. The van der Waals surface area contributed by atoms with Crippen LogP contribution in [-0.4, -0.2) is 73.5 Å². The molecule has 0 bridgehead atoms. The van der Waals surface area contributed by atoms with Crippen molar-refractivity contribution in [2.24, 2.45) is 0 Å². The first-order valence-electron chi connectivity index (χ1n) is 7.67. The van der Waals surface area contributed by atoms with Crippen LogP contribution in [0, 0.1) is 0 Å². The number of tetrazole rings is 1. The molecule has 25 heavy (non-hydrogen) atoms. The first-order chi connectivity index (χ1) is 12.0. The van der Waals surface area contributed by atoms with Gasteiger partial charge in [-0.2, -0.15) is 11.3 Å². The maximum Gasteiger partial charge on any atom is 0.324 e. The molecule has 4 amide bonds. The van der Waals surface area contributed by atoms with Gasteiger partial charge < -0.3 is 10.2 Å². The van der Waals surface area contributed by atoms with Crippen LogP contribution in [0.1, 0.15) is 6.42 Å². The van der Waals surface area contributed by atoms with Gasteiger partial charge in [0, 0.05) is 24.5 Å². The summed E-state index contributed by atoms with van der Waals surface area (Å²) in [6.07, 6.45) is 0.403. The van der Waals surface area contributed by atoms with Crippen molar-refractivity contribution in [2.45, 2.75) is 18.5 Å². The van der Waals surface area contributed by atoms with Crippen molar-refractivity contribution in [1.82, 2.24) is 35.3 Å². The van der Waals surface area contributed by atoms with E-state index in [1.165, 1.54) is 23.1 Å². The first-order valence-corrected chi connectivity index (χ1v) is 8.61. The number of imide groups is 1. The highest BCUT2D eigenvalue weighted by atomic mass is 32.1. The van der Waals surface area contributed by atoms with Crippen LogP contribution in [0.4, 0.5) is 4.79 Å². The van der Waals surface area contributed by atoms with Crippen LogP contribution in [0.15, 0.2) is 16.8 Å². The van der Waals surface area contributed by atoms with E-state index in [0.717, 1.165) is 10.5 Å². The smallest absolute Gasteiger partial charge is 0.324 e. The van der Waals surface area contributed by atoms with Gasteiger partial charge in [0.1, 0.15) is 12.1 Å². The molecular weight excluding hydrogens is 346 g/mol. The third kappa shape index (κ3) is 2.47. The molecule has 1 unspecified atom stereocenters.